The molecule has 0 amide bonds. The quantitative estimate of drug-likeness (QED) is 0.824. The lowest BCUT2D eigenvalue weighted by Gasteiger charge is -2.30. The first-order chi connectivity index (χ1) is 10.9. The van der Waals surface area contributed by atoms with Crippen LogP contribution in [0.5, 0.6) is 0 Å². The highest BCUT2D eigenvalue weighted by Gasteiger charge is 2.42. The van der Waals surface area contributed by atoms with Crippen LogP contribution in [0.2, 0.25) is 0 Å². The molecule has 2 aromatic carbocycles. The van der Waals surface area contributed by atoms with E-state index < -0.39 is 0 Å². The maximum Gasteiger partial charge on any atom is 0.293 e. The number of para-hydroxylation sites is 1. The van der Waals surface area contributed by atoms with Crippen molar-refractivity contribution >= 4 is 11.7 Å². The normalized spacial score (nSPS) is 25.8. The largest absolute Gasteiger partial charge is 0.454 e. The van der Waals surface area contributed by atoms with Crippen LogP contribution in [0.25, 0.3) is 0 Å². The van der Waals surface area contributed by atoms with Crippen LogP contribution >= 0.6 is 0 Å². The van der Waals surface area contributed by atoms with E-state index in [-0.39, 0.29) is 6.10 Å². The first-order valence-corrected chi connectivity index (χ1v) is 8.04. The third kappa shape index (κ3) is 2.47. The number of fused-ring (bicyclic) bond motifs is 1. The Morgan fingerprint density at radius 3 is 2.41 bits per heavy atom. The number of hydrogen-bond acceptors (Lipinski definition) is 2. The summed E-state index contributed by atoms with van der Waals surface area (Å²) in [6.07, 6.45) is 3.76. The van der Waals surface area contributed by atoms with Crippen LogP contribution in [0, 0.1) is 0 Å². The molecule has 3 nitrogen and oxygen atoms in total. The first-order valence-electron chi connectivity index (χ1n) is 8.04. The standard InChI is InChI=1S/C19H20N2O/c1-3-9-15(10-4-1)18-17-13-7-8-14-21(17)19(22-18)20-16-11-5-2-6-12-16/h1-6,9-12,17-18H,7-8,13-14H2/t17-,18+/m1/s1. The van der Waals surface area contributed by atoms with Gasteiger partial charge in [0.1, 0.15) is 6.10 Å². The van der Waals surface area contributed by atoms with Crippen molar-refractivity contribution in [3.63, 3.8) is 0 Å². The minimum Gasteiger partial charge on any atom is -0.454 e. The van der Waals surface area contributed by atoms with Gasteiger partial charge in [-0.1, -0.05) is 48.5 Å². The van der Waals surface area contributed by atoms with Crippen LogP contribution < -0.4 is 0 Å². The van der Waals surface area contributed by atoms with Crippen molar-refractivity contribution in [1.82, 2.24) is 4.90 Å². The van der Waals surface area contributed by atoms with E-state index in [2.05, 4.69) is 35.2 Å². The first kappa shape index (κ1) is 13.4. The van der Waals surface area contributed by atoms with Crippen LogP contribution in [0.4, 0.5) is 5.69 Å². The lowest BCUT2D eigenvalue weighted by atomic mass is 9.94. The molecule has 2 saturated heterocycles. The fraction of sp³-hybridized carbons (Fsp3) is 0.316. The summed E-state index contributed by atoms with van der Waals surface area (Å²) in [5.41, 5.74) is 2.20. The molecule has 2 heterocycles. The van der Waals surface area contributed by atoms with Gasteiger partial charge in [-0.15, -0.1) is 0 Å². The zero-order chi connectivity index (χ0) is 14.8. The molecule has 2 atom stereocenters. The van der Waals surface area contributed by atoms with E-state index in [0.29, 0.717) is 6.04 Å². The molecule has 4 rings (SSSR count). The third-order valence-corrected chi connectivity index (χ3v) is 4.49. The SMILES string of the molecule is c1ccc(N=C2O[C@@H](c3ccccc3)[C@H]3CCCCN23)cc1. The van der Waals surface area contributed by atoms with E-state index in [4.69, 9.17) is 9.73 Å². The fourth-order valence-electron chi connectivity index (χ4n) is 3.41. The molecule has 2 aliphatic heterocycles. The van der Waals surface area contributed by atoms with Crippen LogP contribution in [0.3, 0.4) is 0 Å². The van der Waals surface area contributed by atoms with Gasteiger partial charge in [0, 0.05) is 6.54 Å². The van der Waals surface area contributed by atoms with Crippen LogP contribution in [-0.2, 0) is 4.74 Å². The number of ether oxygens (including phenoxy) is 1. The summed E-state index contributed by atoms with van der Waals surface area (Å²) < 4.78 is 6.27. The summed E-state index contributed by atoms with van der Waals surface area (Å²) in [4.78, 5) is 7.09. The highest BCUT2D eigenvalue weighted by atomic mass is 16.5. The van der Waals surface area contributed by atoms with Crippen LogP contribution in [0.15, 0.2) is 65.7 Å². The second-order valence-corrected chi connectivity index (χ2v) is 5.94. The van der Waals surface area contributed by atoms with Crippen molar-refractivity contribution in [3.05, 3.63) is 66.2 Å². The van der Waals surface area contributed by atoms with Crippen molar-refractivity contribution in [2.75, 3.05) is 6.54 Å². The molecule has 0 unspecified atom stereocenters. The van der Waals surface area contributed by atoms with Gasteiger partial charge >= 0.3 is 0 Å². The summed E-state index contributed by atoms with van der Waals surface area (Å²) in [5.74, 6) is 0. The molecular weight excluding hydrogens is 272 g/mol. The van der Waals surface area contributed by atoms with Gasteiger partial charge in [-0.3, -0.25) is 0 Å². The molecular formula is C19H20N2O. The van der Waals surface area contributed by atoms with Gasteiger partial charge in [0.2, 0.25) is 0 Å². The Kier molecular flexibility index (Phi) is 3.55. The van der Waals surface area contributed by atoms with E-state index in [1.165, 1.54) is 24.8 Å². The Bertz CT molecular complexity index is 654. The Balaban J connectivity index is 1.67. The number of rotatable bonds is 2. The van der Waals surface area contributed by atoms with Gasteiger partial charge in [0.05, 0.1) is 11.7 Å². The second kappa shape index (κ2) is 5.84. The van der Waals surface area contributed by atoms with Crippen LogP contribution in [0.1, 0.15) is 30.9 Å². The lowest BCUT2D eigenvalue weighted by Crippen LogP contribution is -2.38. The molecule has 0 radical (unpaired) electrons. The molecule has 2 aromatic rings. The summed E-state index contributed by atoms with van der Waals surface area (Å²) in [6, 6.07) is 21.8. The van der Waals surface area contributed by atoms with E-state index in [1.807, 2.05) is 30.3 Å². The summed E-state index contributed by atoms with van der Waals surface area (Å²) in [7, 11) is 0. The molecule has 0 aliphatic carbocycles. The number of aliphatic imine (C=N–C) groups is 1. The van der Waals surface area contributed by atoms with Crippen molar-refractivity contribution in [1.29, 1.82) is 0 Å². The van der Waals surface area contributed by atoms with Gasteiger partial charge in [0.25, 0.3) is 6.02 Å². The number of piperidine rings is 1. The average Bonchev–Trinajstić information content (AvgIpc) is 2.96. The fourth-order valence-corrected chi connectivity index (χ4v) is 3.41. The van der Waals surface area contributed by atoms with E-state index >= 15 is 0 Å². The Morgan fingerprint density at radius 2 is 1.64 bits per heavy atom. The zero-order valence-corrected chi connectivity index (χ0v) is 12.6. The maximum absolute atomic E-state index is 6.27. The number of benzene rings is 2. The minimum atomic E-state index is 0.101. The molecule has 0 saturated carbocycles. The topological polar surface area (TPSA) is 24.8 Å². The maximum atomic E-state index is 6.27. The van der Waals surface area contributed by atoms with Crippen LogP contribution in [-0.4, -0.2) is 23.5 Å². The smallest absolute Gasteiger partial charge is 0.293 e. The molecule has 2 aliphatic rings. The van der Waals surface area contributed by atoms with Gasteiger partial charge in [-0.25, -0.2) is 0 Å². The van der Waals surface area contributed by atoms with Crippen molar-refractivity contribution in [2.45, 2.75) is 31.4 Å². The van der Waals surface area contributed by atoms with Gasteiger partial charge < -0.3 is 9.64 Å². The predicted octanol–water partition coefficient (Wildman–Crippen LogP) is 4.30. The Labute approximate surface area is 131 Å². The Morgan fingerprint density at radius 1 is 0.909 bits per heavy atom. The molecule has 0 aromatic heterocycles. The Hall–Kier alpha value is -2.29. The van der Waals surface area contributed by atoms with E-state index in [0.717, 1.165) is 18.3 Å². The van der Waals surface area contributed by atoms with Gasteiger partial charge in [-0.2, -0.15) is 4.99 Å². The zero-order valence-electron chi connectivity index (χ0n) is 12.6. The predicted molar refractivity (Wildman–Crippen MR) is 88.2 cm³/mol. The highest BCUT2D eigenvalue weighted by Crippen LogP contribution is 2.38. The molecule has 0 N–H and O–H groups in total. The molecule has 0 spiro atoms. The highest BCUT2D eigenvalue weighted by molar-refractivity contribution is 5.80. The van der Waals surface area contributed by atoms with E-state index in [9.17, 15) is 0 Å². The molecule has 0 bridgehead atoms. The molecule has 3 heteroatoms. The average molecular weight is 292 g/mol. The third-order valence-electron chi connectivity index (χ3n) is 4.49. The van der Waals surface area contributed by atoms with Crippen molar-refractivity contribution in [2.24, 2.45) is 4.99 Å². The second-order valence-electron chi connectivity index (χ2n) is 5.94. The van der Waals surface area contributed by atoms with Gasteiger partial charge in [0.15, 0.2) is 0 Å². The summed E-state index contributed by atoms with van der Waals surface area (Å²) in [6.45, 7) is 1.04. The lowest BCUT2D eigenvalue weighted by molar-refractivity contribution is 0.168. The minimum absolute atomic E-state index is 0.101. The molecule has 2 fully saturated rings. The molecule has 112 valence electrons. The number of amidine groups is 1. The monoisotopic (exact) mass is 292 g/mol. The van der Waals surface area contributed by atoms with E-state index in [1.54, 1.807) is 0 Å². The number of nitrogens with zero attached hydrogens (tertiary/aromatic N) is 2. The summed E-state index contributed by atoms with van der Waals surface area (Å²) in [5, 5.41) is 0. The van der Waals surface area contributed by atoms with Crippen molar-refractivity contribution in [3.8, 4) is 0 Å². The number of hydrogen-bond donors (Lipinski definition) is 0. The molecule has 22 heavy (non-hydrogen) atoms. The van der Waals surface area contributed by atoms with Crippen molar-refractivity contribution < 1.29 is 4.74 Å². The summed E-state index contributed by atoms with van der Waals surface area (Å²) >= 11 is 0. The van der Waals surface area contributed by atoms with Gasteiger partial charge in [-0.05, 0) is 37.0 Å².